The quantitative estimate of drug-likeness (QED) is 0.401. The maximum absolute atomic E-state index is 13.4. The molecule has 178 valence electrons. The standard InChI is InChI=1S/C28H22N4O4/c33-27(29-14-20-11-12-24-25(13-20)36-18-35-24)22-16-31(15-19-7-3-1-4-8-19)17-23-26(22)30-32(28(23)34)21-9-5-2-6-10-21/h1-13,16-17H,14-15,18H2,(H,29,33). The molecule has 0 saturated carbocycles. The normalized spacial score (nSPS) is 12.1. The second-order valence-electron chi connectivity index (χ2n) is 8.51. The van der Waals surface area contributed by atoms with Gasteiger partial charge in [0.25, 0.3) is 11.5 Å². The van der Waals surface area contributed by atoms with Crippen molar-refractivity contribution >= 4 is 5.91 Å². The Hall–Kier alpha value is -4.85. The number of pyridine rings is 1. The van der Waals surface area contributed by atoms with Crippen LogP contribution in [0.1, 0.15) is 21.5 Å². The van der Waals surface area contributed by atoms with E-state index in [2.05, 4.69) is 10.4 Å². The first kappa shape index (κ1) is 21.7. The maximum atomic E-state index is 13.4. The van der Waals surface area contributed by atoms with E-state index in [4.69, 9.17) is 9.47 Å². The molecule has 0 fully saturated rings. The van der Waals surface area contributed by atoms with Gasteiger partial charge in [-0.3, -0.25) is 9.59 Å². The number of carbonyl (C=O) groups excluding carboxylic acids is 1. The Morgan fingerprint density at radius 2 is 1.64 bits per heavy atom. The number of para-hydroxylation sites is 1. The van der Waals surface area contributed by atoms with Crippen molar-refractivity contribution in [2.24, 2.45) is 0 Å². The van der Waals surface area contributed by atoms with E-state index < -0.39 is 0 Å². The minimum Gasteiger partial charge on any atom is -0.454 e. The molecule has 0 spiro atoms. The number of amides is 1. The minimum atomic E-state index is -0.321. The summed E-state index contributed by atoms with van der Waals surface area (Å²) in [5.41, 5.74) is 3.36. The first-order valence-electron chi connectivity index (χ1n) is 11.5. The SMILES string of the molecule is O=C(NCc1ccc2c(c1)OCO2)c1cn(Cc2ccccc2)cc2c(=O)n(-c3ccccc3)nc1-2. The van der Waals surface area contributed by atoms with Gasteiger partial charge in [-0.2, -0.15) is 9.78 Å². The van der Waals surface area contributed by atoms with E-state index in [1.807, 2.05) is 83.4 Å². The van der Waals surface area contributed by atoms with E-state index in [-0.39, 0.29) is 24.8 Å². The number of nitrogens with zero attached hydrogens (tertiary/aromatic N) is 3. The number of benzene rings is 3. The molecule has 0 radical (unpaired) electrons. The molecule has 3 aromatic carbocycles. The highest BCUT2D eigenvalue weighted by molar-refractivity contribution is 5.99. The maximum Gasteiger partial charge on any atom is 0.282 e. The molecule has 1 N–H and O–H groups in total. The van der Waals surface area contributed by atoms with Crippen LogP contribution < -0.4 is 20.3 Å². The molecule has 0 aliphatic carbocycles. The van der Waals surface area contributed by atoms with Gasteiger partial charge in [-0.15, -0.1) is 0 Å². The molecule has 3 heterocycles. The summed E-state index contributed by atoms with van der Waals surface area (Å²) in [4.78, 5) is 26.7. The Bertz CT molecular complexity index is 1570. The molecular formula is C28H22N4O4. The monoisotopic (exact) mass is 478 g/mol. The Morgan fingerprint density at radius 1 is 0.889 bits per heavy atom. The van der Waals surface area contributed by atoms with Crippen molar-refractivity contribution in [3.05, 3.63) is 118 Å². The van der Waals surface area contributed by atoms with Crippen LogP contribution in [0.4, 0.5) is 0 Å². The van der Waals surface area contributed by atoms with E-state index in [0.29, 0.717) is 40.6 Å². The van der Waals surface area contributed by atoms with Crippen LogP contribution in [0, 0.1) is 0 Å². The molecule has 36 heavy (non-hydrogen) atoms. The lowest BCUT2D eigenvalue weighted by molar-refractivity contribution is 0.0950. The number of nitrogens with one attached hydrogen (secondary N) is 1. The summed E-state index contributed by atoms with van der Waals surface area (Å²) in [5, 5.41) is 7.51. The van der Waals surface area contributed by atoms with E-state index in [0.717, 1.165) is 11.1 Å². The van der Waals surface area contributed by atoms with Crippen LogP contribution in [0.25, 0.3) is 16.9 Å². The van der Waals surface area contributed by atoms with Crippen molar-refractivity contribution in [3.63, 3.8) is 0 Å². The third-order valence-corrected chi connectivity index (χ3v) is 6.07. The molecule has 8 nitrogen and oxygen atoms in total. The van der Waals surface area contributed by atoms with Crippen molar-refractivity contribution in [2.45, 2.75) is 13.1 Å². The Labute approximate surface area is 206 Å². The van der Waals surface area contributed by atoms with Crippen molar-refractivity contribution < 1.29 is 14.3 Å². The van der Waals surface area contributed by atoms with Gasteiger partial charge >= 0.3 is 0 Å². The molecule has 0 aromatic heterocycles. The number of fused-ring (bicyclic) bond motifs is 2. The van der Waals surface area contributed by atoms with Gasteiger partial charge in [0, 0.05) is 25.5 Å². The second kappa shape index (κ2) is 9.07. The van der Waals surface area contributed by atoms with Crippen molar-refractivity contribution in [3.8, 4) is 28.4 Å². The molecule has 3 aliphatic rings. The van der Waals surface area contributed by atoms with Gasteiger partial charge in [-0.05, 0) is 35.4 Å². The molecule has 0 unspecified atom stereocenters. The molecule has 0 saturated heterocycles. The van der Waals surface area contributed by atoms with Gasteiger partial charge in [-0.1, -0.05) is 54.6 Å². The van der Waals surface area contributed by atoms with E-state index in [1.165, 1.54) is 4.68 Å². The summed E-state index contributed by atoms with van der Waals surface area (Å²) in [5.74, 6) is 1.02. The Balaban J connectivity index is 1.37. The van der Waals surface area contributed by atoms with Crippen molar-refractivity contribution in [1.29, 1.82) is 0 Å². The lowest BCUT2D eigenvalue weighted by atomic mass is 10.1. The lowest BCUT2D eigenvalue weighted by Gasteiger charge is -2.13. The zero-order chi connectivity index (χ0) is 24.5. The van der Waals surface area contributed by atoms with E-state index in [9.17, 15) is 9.59 Å². The van der Waals surface area contributed by atoms with Gasteiger partial charge in [0.15, 0.2) is 11.5 Å². The highest BCUT2D eigenvalue weighted by Gasteiger charge is 2.24. The van der Waals surface area contributed by atoms with Crippen LogP contribution in [0.2, 0.25) is 0 Å². The highest BCUT2D eigenvalue weighted by Crippen LogP contribution is 2.32. The highest BCUT2D eigenvalue weighted by atomic mass is 16.7. The number of aromatic nitrogens is 3. The summed E-state index contributed by atoms with van der Waals surface area (Å²) in [6.07, 6.45) is 3.50. The van der Waals surface area contributed by atoms with Crippen molar-refractivity contribution in [2.75, 3.05) is 6.79 Å². The lowest BCUT2D eigenvalue weighted by Crippen LogP contribution is -2.25. The zero-order valence-electron chi connectivity index (χ0n) is 19.3. The van der Waals surface area contributed by atoms with Gasteiger partial charge in [0.1, 0.15) is 5.69 Å². The van der Waals surface area contributed by atoms with Crippen LogP contribution in [-0.4, -0.2) is 27.0 Å². The minimum absolute atomic E-state index is 0.191. The number of carbonyl (C=O) groups is 1. The van der Waals surface area contributed by atoms with Crippen LogP contribution in [0.15, 0.2) is 96.1 Å². The molecule has 8 heteroatoms. The van der Waals surface area contributed by atoms with Crippen LogP contribution in [-0.2, 0) is 13.1 Å². The van der Waals surface area contributed by atoms with E-state index >= 15 is 0 Å². The molecule has 1 amide bonds. The largest absolute Gasteiger partial charge is 0.454 e. The predicted octanol–water partition coefficient (Wildman–Crippen LogP) is 3.85. The van der Waals surface area contributed by atoms with Gasteiger partial charge in [0.2, 0.25) is 6.79 Å². The first-order chi connectivity index (χ1) is 17.7. The zero-order valence-corrected chi connectivity index (χ0v) is 19.3. The number of ether oxygens (including phenoxy) is 2. The fourth-order valence-electron chi connectivity index (χ4n) is 4.28. The summed E-state index contributed by atoms with van der Waals surface area (Å²) in [6.45, 7) is 0.986. The molecule has 3 aliphatic heterocycles. The third kappa shape index (κ3) is 4.09. The van der Waals surface area contributed by atoms with Crippen LogP contribution in [0.5, 0.6) is 11.5 Å². The fourth-order valence-corrected chi connectivity index (χ4v) is 4.28. The average molecular weight is 479 g/mol. The smallest absolute Gasteiger partial charge is 0.282 e. The molecular weight excluding hydrogens is 456 g/mol. The first-order valence-corrected chi connectivity index (χ1v) is 11.5. The van der Waals surface area contributed by atoms with Crippen LogP contribution >= 0.6 is 0 Å². The van der Waals surface area contributed by atoms with E-state index in [1.54, 1.807) is 12.4 Å². The number of hydrogen-bond donors (Lipinski definition) is 1. The summed E-state index contributed by atoms with van der Waals surface area (Å²) < 4.78 is 14.0. The number of rotatable bonds is 6. The second-order valence-corrected chi connectivity index (χ2v) is 8.51. The summed E-state index contributed by atoms with van der Waals surface area (Å²) >= 11 is 0. The van der Waals surface area contributed by atoms with Crippen LogP contribution in [0.3, 0.4) is 0 Å². The molecule has 3 aromatic rings. The number of hydrogen-bond acceptors (Lipinski definition) is 5. The predicted molar refractivity (Wildman–Crippen MR) is 134 cm³/mol. The van der Waals surface area contributed by atoms with Gasteiger partial charge < -0.3 is 19.4 Å². The average Bonchev–Trinajstić information content (AvgIpc) is 3.52. The Kier molecular flexibility index (Phi) is 5.46. The Morgan fingerprint density at radius 3 is 2.44 bits per heavy atom. The summed E-state index contributed by atoms with van der Waals surface area (Å²) in [6, 6.07) is 24.6. The fraction of sp³-hybridized carbons (Fsp3) is 0.107. The van der Waals surface area contributed by atoms with Gasteiger partial charge in [-0.25, -0.2) is 0 Å². The topological polar surface area (TPSA) is 87.4 Å². The van der Waals surface area contributed by atoms with Crippen molar-refractivity contribution in [1.82, 2.24) is 19.7 Å². The molecule has 0 atom stereocenters. The van der Waals surface area contributed by atoms with Gasteiger partial charge in [0.05, 0.1) is 16.8 Å². The molecule has 0 bridgehead atoms. The summed E-state index contributed by atoms with van der Waals surface area (Å²) in [7, 11) is 0. The molecule has 6 rings (SSSR count). The third-order valence-electron chi connectivity index (χ3n) is 6.07.